The Morgan fingerprint density at radius 1 is 1.24 bits per heavy atom. The summed E-state index contributed by atoms with van der Waals surface area (Å²) in [4.78, 5) is 17.4. The Morgan fingerprint density at radius 3 is 2.65 bits per heavy atom. The fourth-order valence-electron chi connectivity index (χ4n) is 1.32. The molecule has 2 rings (SSSR count). The molecule has 17 heavy (non-hydrogen) atoms. The van der Waals surface area contributed by atoms with Gasteiger partial charge in [0.1, 0.15) is 5.69 Å². The van der Waals surface area contributed by atoms with Crippen molar-refractivity contribution in [1.29, 1.82) is 0 Å². The molecule has 1 aromatic heterocycles. The van der Waals surface area contributed by atoms with Crippen LogP contribution in [0.5, 0.6) is 0 Å². The Morgan fingerprint density at radius 2 is 2.06 bits per heavy atom. The average Bonchev–Trinajstić information content (AvgIpc) is 2.29. The van der Waals surface area contributed by atoms with Crippen LogP contribution in [0.3, 0.4) is 0 Å². The summed E-state index contributed by atoms with van der Waals surface area (Å²) in [5.74, 6) is -0.0102. The molecule has 0 aliphatic carbocycles. The van der Waals surface area contributed by atoms with Crippen molar-refractivity contribution in [2.75, 3.05) is 0 Å². The predicted octanol–water partition coefficient (Wildman–Crippen LogP) is 4.20. The molecule has 4 heteroatoms. The minimum absolute atomic E-state index is 0.0102. The molecule has 0 bridgehead atoms. The smallest absolute Gasteiger partial charge is 0.178 e. The normalized spacial score (nSPS) is 10.2. The van der Waals surface area contributed by atoms with Crippen molar-refractivity contribution >= 4 is 33.5 Å². The van der Waals surface area contributed by atoms with E-state index in [1.807, 2.05) is 30.3 Å². The van der Waals surface area contributed by atoms with Gasteiger partial charge in [0.05, 0.1) is 0 Å². The molecule has 0 unspecified atom stereocenters. The van der Waals surface area contributed by atoms with Crippen molar-refractivity contribution in [2.45, 2.75) is 16.7 Å². The zero-order valence-corrected chi connectivity index (χ0v) is 11.6. The van der Waals surface area contributed by atoms with Gasteiger partial charge in [-0.1, -0.05) is 33.8 Å². The highest BCUT2D eigenvalue weighted by Gasteiger charge is 2.02. The third kappa shape index (κ3) is 3.41. The Labute approximate surface area is 113 Å². The molecule has 1 aromatic carbocycles. The second kappa shape index (κ2) is 5.47. The van der Waals surface area contributed by atoms with Crippen LogP contribution < -0.4 is 0 Å². The second-order valence-electron chi connectivity index (χ2n) is 3.49. The first-order valence-corrected chi connectivity index (χ1v) is 6.66. The fourth-order valence-corrected chi connectivity index (χ4v) is 2.71. The Hall–Kier alpha value is -1.13. The molecule has 0 aliphatic rings. The van der Waals surface area contributed by atoms with Gasteiger partial charge in [-0.05, 0) is 30.3 Å². The van der Waals surface area contributed by atoms with Gasteiger partial charge in [0.2, 0.25) is 0 Å². The zero-order valence-electron chi connectivity index (χ0n) is 9.18. The van der Waals surface area contributed by atoms with Crippen LogP contribution >= 0.6 is 27.7 Å². The topological polar surface area (TPSA) is 30.0 Å². The van der Waals surface area contributed by atoms with Crippen LogP contribution in [0.4, 0.5) is 0 Å². The quantitative estimate of drug-likeness (QED) is 0.796. The summed E-state index contributed by atoms with van der Waals surface area (Å²) in [6, 6.07) is 11.7. The van der Waals surface area contributed by atoms with Crippen molar-refractivity contribution < 1.29 is 4.79 Å². The molecule has 0 saturated heterocycles. The van der Waals surface area contributed by atoms with Gasteiger partial charge in [0, 0.05) is 27.4 Å². The molecule has 0 aliphatic heterocycles. The van der Waals surface area contributed by atoms with E-state index >= 15 is 0 Å². The van der Waals surface area contributed by atoms with Crippen LogP contribution in [0, 0.1) is 0 Å². The summed E-state index contributed by atoms with van der Waals surface area (Å²) in [5, 5.41) is 0. The van der Waals surface area contributed by atoms with Crippen molar-refractivity contribution in [3.63, 3.8) is 0 Å². The average molecular weight is 308 g/mol. The van der Waals surface area contributed by atoms with Gasteiger partial charge in [-0.3, -0.25) is 9.78 Å². The van der Waals surface area contributed by atoms with Gasteiger partial charge in [-0.25, -0.2) is 0 Å². The van der Waals surface area contributed by atoms with Crippen LogP contribution in [0.25, 0.3) is 0 Å². The SMILES string of the molecule is CC(=O)c1ccc(Sc2cccc(Br)c2)cn1. The van der Waals surface area contributed by atoms with Crippen LogP contribution in [-0.2, 0) is 0 Å². The van der Waals surface area contributed by atoms with E-state index in [-0.39, 0.29) is 5.78 Å². The van der Waals surface area contributed by atoms with Gasteiger partial charge in [0.15, 0.2) is 5.78 Å². The highest BCUT2D eigenvalue weighted by atomic mass is 79.9. The first-order valence-electron chi connectivity index (χ1n) is 5.05. The first kappa shape index (κ1) is 12.3. The molecule has 86 valence electrons. The Kier molecular flexibility index (Phi) is 3.97. The molecule has 0 fully saturated rings. The maximum absolute atomic E-state index is 11.1. The number of pyridine rings is 1. The number of carbonyl (C=O) groups is 1. The zero-order chi connectivity index (χ0) is 12.3. The number of ketones is 1. The Balaban J connectivity index is 2.16. The number of hydrogen-bond donors (Lipinski definition) is 0. The number of halogens is 1. The lowest BCUT2D eigenvalue weighted by Gasteiger charge is -2.02. The number of hydrogen-bond acceptors (Lipinski definition) is 3. The highest BCUT2D eigenvalue weighted by Crippen LogP contribution is 2.28. The third-order valence-electron chi connectivity index (χ3n) is 2.13. The highest BCUT2D eigenvalue weighted by molar-refractivity contribution is 9.10. The number of rotatable bonds is 3. The van der Waals surface area contributed by atoms with E-state index in [0.717, 1.165) is 14.3 Å². The van der Waals surface area contributed by atoms with Crippen LogP contribution in [0.2, 0.25) is 0 Å². The van der Waals surface area contributed by atoms with Crippen LogP contribution in [-0.4, -0.2) is 10.8 Å². The van der Waals surface area contributed by atoms with E-state index in [9.17, 15) is 4.79 Å². The molecular weight excluding hydrogens is 298 g/mol. The van der Waals surface area contributed by atoms with Crippen LogP contribution in [0.15, 0.2) is 56.9 Å². The van der Waals surface area contributed by atoms with Crippen molar-refractivity contribution in [3.8, 4) is 0 Å². The molecule has 1 heterocycles. The minimum Gasteiger partial charge on any atom is -0.293 e. The van der Waals surface area contributed by atoms with Gasteiger partial charge < -0.3 is 0 Å². The molecule has 0 N–H and O–H groups in total. The van der Waals surface area contributed by atoms with Gasteiger partial charge in [-0.2, -0.15) is 0 Å². The predicted molar refractivity (Wildman–Crippen MR) is 72.5 cm³/mol. The van der Waals surface area contributed by atoms with E-state index in [1.165, 1.54) is 6.92 Å². The van der Waals surface area contributed by atoms with E-state index in [2.05, 4.69) is 20.9 Å². The molecule has 0 saturated carbocycles. The minimum atomic E-state index is -0.0102. The Bertz CT molecular complexity index is 539. The first-order chi connectivity index (χ1) is 8.15. The van der Waals surface area contributed by atoms with E-state index < -0.39 is 0 Å². The van der Waals surface area contributed by atoms with Gasteiger partial charge in [-0.15, -0.1) is 0 Å². The van der Waals surface area contributed by atoms with E-state index in [0.29, 0.717) is 5.69 Å². The molecule has 0 amide bonds. The number of nitrogens with zero attached hydrogens (tertiary/aromatic N) is 1. The molecule has 2 nitrogen and oxygen atoms in total. The largest absolute Gasteiger partial charge is 0.293 e. The summed E-state index contributed by atoms with van der Waals surface area (Å²) in [6.45, 7) is 1.52. The third-order valence-corrected chi connectivity index (χ3v) is 3.59. The summed E-state index contributed by atoms with van der Waals surface area (Å²) in [6.07, 6.45) is 1.72. The molecular formula is C13H10BrNOS. The van der Waals surface area contributed by atoms with Crippen molar-refractivity contribution in [1.82, 2.24) is 4.98 Å². The molecule has 0 atom stereocenters. The number of carbonyl (C=O) groups excluding carboxylic acids is 1. The number of aromatic nitrogens is 1. The maximum Gasteiger partial charge on any atom is 0.178 e. The summed E-state index contributed by atoms with van der Waals surface area (Å²) in [5.41, 5.74) is 0.503. The number of Topliss-reactive ketones (excluding diaryl/α,β-unsaturated/α-hetero) is 1. The number of benzene rings is 1. The van der Waals surface area contributed by atoms with Gasteiger partial charge in [0.25, 0.3) is 0 Å². The molecule has 2 aromatic rings. The summed E-state index contributed by atoms with van der Waals surface area (Å²) < 4.78 is 1.05. The fraction of sp³-hybridized carbons (Fsp3) is 0.0769. The standard InChI is InChI=1S/C13H10BrNOS/c1-9(16)13-6-5-12(8-15-13)17-11-4-2-3-10(14)7-11/h2-8H,1H3. The van der Waals surface area contributed by atoms with Gasteiger partial charge >= 0.3 is 0 Å². The lowest BCUT2D eigenvalue weighted by molar-refractivity contribution is 0.101. The second-order valence-corrected chi connectivity index (χ2v) is 5.56. The van der Waals surface area contributed by atoms with Crippen LogP contribution in [0.1, 0.15) is 17.4 Å². The summed E-state index contributed by atoms with van der Waals surface area (Å²) in [7, 11) is 0. The summed E-state index contributed by atoms with van der Waals surface area (Å²) >= 11 is 5.05. The molecule has 0 radical (unpaired) electrons. The maximum atomic E-state index is 11.1. The molecule has 0 spiro atoms. The van der Waals surface area contributed by atoms with Crippen molar-refractivity contribution in [3.05, 3.63) is 52.8 Å². The monoisotopic (exact) mass is 307 g/mol. The van der Waals surface area contributed by atoms with E-state index in [1.54, 1.807) is 24.0 Å². The lowest BCUT2D eigenvalue weighted by atomic mass is 10.3. The lowest BCUT2D eigenvalue weighted by Crippen LogP contribution is -1.95. The van der Waals surface area contributed by atoms with E-state index in [4.69, 9.17) is 0 Å². The van der Waals surface area contributed by atoms with Crippen molar-refractivity contribution in [2.24, 2.45) is 0 Å².